The summed E-state index contributed by atoms with van der Waals surface area (Å²) in [4.78, 5) is 11.4. The van der Waals surface area contributed by atoms with Gasteiger partial charge in [-0.05, 0) is 6.92 Å². The van der Waals surface area contributed by atoms with Gasteiger partial charge in [0.15, 0.2) is 0 Å². The normalized spacial score (nSPS) is 41.2. The van der Waals surface area contributed by atoms with Crippen LogP contribution in [0.5, 0.6) is 0 Å². The lowest BCUT2D eigenvalue weighted by Gasteiger charge is -2.34. The first kappa shape index (κ1) is 11.1. The van der Waals surface area contributed by atoms with E-state index in [2.05, 4.69) is 4.74 Å². The molecule has 86 valence electrons. The van der Waals surface area contributed by atoms with E-state index < -0.39 is 19.1 Å². The molecule has 6 nitrogen and oxygen atoms in total. The topological polar surface area (TPSA) is 64.8 Å². The average molecular weight is 235 g/mol. The fourth-order valence-electron chi connectivity index (χ4n) is 1.34. The number of carbonyl (C=O) groups is 1. The molecule has 2 aliphatic heterocycles. The highest BCUT2D eigenvalue weighted by Crippen LogP contribution is 2.59. The van der Waals surface area contributed by atoms with Crippen LogP contribution in [0.25, 0.3) is 0 Å². The van der Waals surface area contributed by atoms with Crippen LogP contribution in [0.4, 0.5) is 0 Å². The number of carbonyl (C=O) groups excluding carboxylic acids is 1. The molecule has 0 radical (unpaired) electrons. The van der Waals surface area contributed by atoms with Crippen molar-refractivity contribution in [2.24, 2.45) is 5.41 Å². The monoisotopic (exact) mass is 235 g/mol. The molecule has 0 unspecified atom stereocenters. The molecule has 15 heavy (non-hydrogen) atoms. The van der Waals surface area contributed by atoms with E-state index in [4.69, 9.17) is 9.05 Å². The van der Waals surface area contributed by atoms with E-state index in [1.54, 1.807) is 11.6 Å². The lowest BCUT2D eigenvalue weighted by molar-refractivity contribution is -0.158. The number of nitrogens with zero attached hydrogens (tertiary/aromatic N) is 1. The van der Waals surface area contributed by atoms with Gasteiger partial charge in [-0.25, -0.2) is 9.24 Å². The molecule has 2 aliphatic rings. The van der Waals surface area contributed by atoms with Crippen LogP contribution in [0.1, 0.15) is 6.92 Å². The van der Waals surface area contributed by atoms with Crippen LogP contribution in [0, 0.1) is 5.41 Å². The summed E-state index contributed by atoms with van der Waals surface area (Å²) in [7, 11) is -1.77. The predicted octanol–water partition coefficient (Wildman–Crippen LogP) is 0.636. The molecule has 7 heteroatoms. The zero-order valence-electron chi connectivity index (χ0n) is 8.76. The van der Waals surface area contributed by atoms with Gasteiger partial charge >= 0.3 is 13.7 Å². The van der Waals surface area contributed by atoms with Gasteiger partial charge in [0.2, 0.25) is 0 Å². The minimum atomic E-state index is -3.08. The third kappa shape index (κ3) is 1.95. The van der Waals surface area contributed by atoms with E-state index >= 15 is 0 Å². The van der Waals surface area contributed by atoms with Gasteiger partial charge in [-0.2, -0.15) is 0 Å². The molecule has 2 heterocycles. The first-order valence-corrected chi connectivity index (χ1v) is 6.23. The lowest BCUT2D eigenvalue weighted by atomic mass is 9.93. The van der Waals surface area contributed by atoms with E-state index in [-0.39, 0.29) is 13.2 Å². The molecule has 0 aromatic rings. The summed E-state index contributed by atoms with van der Waals surface area (Å²) in [6.07, 6.45) is 0. The van der Waals surface area contributed by atoms with Gasteiger partial charge in [-0.3, -0.25) is 13.8 Å². The highest BCUT2D eigenvalue weighted by atomic mass is 31.2. The molecule has 2 rings (SSSR count). The van der Waals surface area contributed by atoms with Crippen molar-refractivity contribution in [2.75, 3.05) is 33.4 Å². The Morgan fingerprint density at radius 2 is 1.93 bits per heavy atom. The summed E-state index contributed by atoms with van der Waals surface area (Å²) in [5.74, 6) is -0.403. The third-order valence-electron chi connectivity index (χ3n) is 2.54. The minimum Gasteiger partial charge on any atom is -0.468 e. The van der Waals surface area contributed by atoms with Gasteiger partial charge in [-0.1, -0.05) is 0 Å². The van der Waals surface area contributed by atoms with Crippen LogP contribution in [0.15, 0.2) is 0 Å². The van der Waals surface area contributed by atoms with E-state index in [1.807, 2.05) is 0 Å². The van der Waals surface area contributed by atoms with Crippen LogP contribution in [0.2, 0.25) is 0 Å². The molecule has 0 bridgehead atoms. The molecule has 0 aromatic heterocycles. The Hall–Kier alpha value is -0.420. The van der Waals surface area contributed by atoms with Crippen molar-refractivity contribution >= 4 is 13.7 Å². The molecule has 2 fully saturated rings. The molecular weight excluding hydrogens is 221 g/mol. The van der Waals surface area contributed by atoms with Crippen LogP contribution >= 0.6 is 7.75 Å². The zero-order chi connectivity index (χ0) is 11.1. The number of rotatable bonds is 2. The summed E-state index contributed by atoms with van der Waals surface area (Å²) >= 11 is 0. The Labute approximate surface area is 88.1 Å². The van der Waals surface area contributed by atoms with Crippen LogP contribution in [-0.4, -0.2) is 44.1 Å². The number of hydrogen-bond donors (Lipinski definition) is 0. The summed E-state index contributed by atoms with van der Waals surface area (Å²) in [6.45, 7) is 3.28. The summed E-state index contributed by atoms with van der Waals surface area (Å²) in [5.41, 5.74) is -0.849. The fraction of sp³-hybridized carbons (Fsp3) is 0.875. The summed E-state index contributed by atoms with van der Waals surface area (Å²) < 4.78 is 28.6. The fourth-order valence-corrected chi connectivity index (χ4v) is 3.22. The van der Waals surface area contributed by atoms with E-state index in [1.165, 1.54) is 7.11 Å². The van der Waals surface area contributed by atoms with Gasteiger partial charge in [0, 0.05) is 13.1 Å². The highest BCUT2D eigenvalue weighted by Gasteiger charge is 2.50. The average Bonchev–Trinajstić information content (AvgIpc) is 3.05. The smallest absolute Gasteiger partial charge is 0.408 e. The van der Waals surface area contributed by atoms with Gasteiger partial charge in [-0.15, -0.1) is 0 Å². The summed E-state index contributed by atoms with van der Waals surface area (Å²) in [5, 5.41) is 0. The Balaban J connectivity index is 2.02. The van der Waals surface area contributed by atoms with Crippen molar-refractivity contribution in [3.8, 4) is 0 Å². The molecular formula is C8H14NO5P. The lowest BCUT2D eigenvalue weighted by Crippen LogP contribution is -2.41. The second kappa shape index (κ2) is 3.56. The molecule has 0 N–H and O–H groups in total. The molecule has 0 spiro atoms. The second-order valence-electron chi connectivity index (χ2n) is 4.02. The predicted molar refractivity (Wildman–Crippen MR) is 51.2 cm³/mol. The SMILES string of the molecule is COC(=O)C1(C)COP(=O)(N2CC2)OC1. The maximum atomic E-state index is 11.9. The standard InChI is InChI=1S/C8H14NO5P/c1-8(7(10)12-2)5-13-15(11,14-6-8)9-3-4-9/h3-6H2,1-2H3. The molecule has 2 saturated heterocycles. The van der Waals surface area contributed by atoms with E-state index in [0.717, 1.165) is 13.1 Å². The van der Waals surface area contributed by atoms with Crippen molar-refractivity contribution in [3.63, 3.8) is 0 Å². The van der Waals surface area contributed by atoms with Crippen molar-refractivity contribution in [3.05, 3.63) is 0 Å². The Kier molecular flexibility index (Phi) is 2.63. The number of esters is 1. The maximum absolute atomic E-state index is 11.9. The first-order chi connectivity index (χ1) is 7.00. The molecule has 0 aliphatic carbocycles. The van der Waals surface area contributed by atoms with E-state index in [9.17, 15) is 9.36 Å². The Morgan fingerprint density at radius 3 is 2.33 bits per heavy atom. The highest BCUT2D eigenvalue weighted by molar-refractivity contribution is 7.51. The quantitative estimate of drug-likeness (QED) is 0.397. The van der Waals surface area contributed by atoms with Crippen LogP contribution in [-0.2, 0) is 23.1 Å². The van der Waals surface area contributed by atoms with E-state index in [0.29, 0.717) is 0 Å². The number of methoxy groups -OCH3 is 1. The van der Waals surface area contributed by atoms with Crippen molar-refractivity contribution in [1.29, 1.82) is 0 Å². The first-order valence-electron chi connectivity index (χ1n) is 4.73. The van der Waals surface area contributed by atoms with Gasteiger partial charge in [0.1, 0.15) is 5.41 Å². The molecule has 0 saturated carbocycles. The number of ether oxygens (including phenoxy) is 1. The van der Waals surface area contributed by atoms with Gasteiger partial charge in [0.05, 0.1) is 20.3 Å². The van der Waals surface area contributed by atoms with Crippen molar-refractivity contribution in [2.45, 2.75) is 6.92 Å². The largest absolute Gasteiger partial charge is 0.468 e. The summed E-state index contributed by atoms with van der Waals surface area (Å²) in [6, 6.07) is 0. The van der Waals surface area contributed by atoms with Crippen LogP contribution < -0.4 is 0 Å². The Bertz CT molecular complexity index is 315. The zero-order valence-corrected chi connectivity index (χ0v) is 9.66. The molecule has 0 amide bonds. The third-order valence-corrected chi connectivity index (χ3v) is 4.54. The van der Waals surface area contributed by atoms with Crippen molar-refractivity contribution in [1.82, 2.24) is 4.67 Å². The van der Waals surface area contributed by atoms with Crippen molar-refractivity contribution < 1.29 is 23.1 Å². The van der Waals surface area contributed by atoms with Crippen LogP contribution in [0.3, 0.4) is 0 Å². The van der Waals surface area contributed by atoms with Gasteiger partial charge < -0.3 is 4.74 Å². The van der Waals surface area contributed by atoms with Gasteiger partial charge in [0.25, 0.3) is 0 Å². The number of hydrogen-bond acceptors (Lipinski definition) is 5. The second-order valence-corrected chi connectivity index (χ2v) is 6.04. The molecule has 0 atom stereocenters. The Morgan fingerprint density at radius 1 is 1.40 bits per heavy atom. The minimum absolute atomic E-state index is 0.0768. The molecule has 0 aromatic carbocycles. The maximum Gasteiger partial charge on any atom is 0.408 e.